The fourth-order valence-corrected chi connectivity index (χ4v) is 1.55. The topological polar surface area (TPSA) is 49.7 Å². The Labute approximate surface area is 99.9 Å². The third kappa shape index (κ3) is 1.98. The second kappa shape index (κ2) is 3.80. The zero-order chi connectivity index (χ0) is 12.6. The number of aryl methyl sites for hydroxylation is 1. The summed E-state index contributed by atoms with van der Waals surface area (Å²) in [6.45, 7) is 5.42. The molecule has 0 saturated heterocycles. The molecule has 0 atom stereocenters. The molecule has 2 rings (SSSR count). The summed E-state index contributed by atoms with van der Waals surface area (Å²) in [4.78, 5) is 23.9. The van der Waals surface area contributed by atoms with Gasteiger partial charge in [0.2, 0.25) is 0 Å². The Morgan fingerprint density at radius 1 is 1.24 bits per heavy atom. The van der Waals surface area contributed by atoms with Gasteiger partial charge in [0.1, 0.15) is 0 Å². The molecule has 17 heavy (non-hydrogen) atoms. The van der Waals surface area contributed by atoms with E-state index in [0.717, 1.165) is 10.6 Å². The predicted molar refractivity (Wildman–Crippen MR) is 64.6 cm³/mol. The maximum Gasteiger partial charge on any atom is 0.281 e. The second-order valence-electron chi connectivity index (χ2n) is 4.75. The van der Waals surface area contributed by atoms with Crippen LogP contribution in [0.3, 0.4) is 0 Å². The molecule has 0 N–H and O–H groups in total. The van der Waals surface area contributed by atoms with E-state index in [1.807, 2.05) is 19.1 Å². The standard InChI is InChI=1S/C13H14N2O2/c1-9-4-6-10(7-5-9)11(16)15-12(17)13(2,3)8-14-15/h4-8H,1-3H3. The summed E-state index contributed by atoms with van der Waals surface area (Å²) < 4.78 is 0. The van der Waals surface area contributed by atoms with Gasteiger partial charge < -0.3 is 0 Å². The van der Waals surface area contributed by atoms with Gasteiger partial charge in [0, 0.05) is 11.8 Å². The minimum absolute atomic E-state index is 0.289. The molecule has 0 radical (unpaired) electrons. The van der Waals surface area contributed by atoms with Gasteiger partial charge in [0.05, 0.1) is 5.41 Å². The van der Waals surface area contributed by atoms with Crippen molar-refractivity contribution < 1.29 is 9.59 Å². The molecule has 88 valence electrons. The fraction of sp³-hybridized carbons (Fsp3) is 0.308. The number of amides is 2. The van der Waals surface area contributed by atoms with Crippen LogP contribution in [0.1, 0.15) is 29.8 Å². The Kier molecular flexibility index (Phi) is 2.58. The first kappa shape index (κ1) is 11.5. The lowest BCUT2D eigenvalue weighted by Crippen LogP contribution is -2.36. The maximum absolute atomic E-state index is 12.0. The molecule has 0 fully saturated rings. The first-order chi connectivity index (χ1) is 7.92. The number of imide groups is 1. The van der Waals surface area contributed by atoms with Crippen molar-refractivity contribution >= 4 is 18.0 Å². The molecule has 0 spiro atoms. The summed E-state index contributed by atoms with van der Waals surface area (Å²) in [7, 11) is 0. The van der Waals surface area contributed by atoms with Gasteiger partial charge in [-0.05, 0) is 32.9 Å². The van der Waals surface area contributed by atoms with Gasteiger partial charge in [-0.2, -0.15) is 10.1 Å². The van der Waals surface area contributed by atoms with Gasteiger partial charge in [0.15, 0.2) is 0 Å². The molecule has 1 aromatic rings. The molecule has 0 saturated carbocycles. The van der Waals surface area contributed by atoms with E-state index in [1.54, 1.807) is 26.0 Å². The van der Waals surface area contributed by atoms with Crippen LogP contribution >= 0.6 is 0 Å². The number of hydrazone groups is 1. The third-order valence-electron chi connectivity index (χ3n) is 2.73. The first-order valence-corrected chi connectivity index (χ1v) is 5.42. The summed E-state index contributed by atoms with van der Waals surface area (Å²) in [5, 5.41) is 4.81. The molecule has 1 aromatic carbocycles. The highest BCUT2D eigenvalue weighted by molar-refractivity contribution is 6.13. The van der Waals surface area contributed by atoms with E-state index in [1.165, 1.54) is 6.21 Å². The summed E-state index contributed by atoms with van der Waals surface area (Å²) in [6.07, 6.45) is 1.50. The second-order valence-corrected chi connectivity index (χ2v) is 4.75. The molecule has 1 aliphatic rings. The van der Waals surface area contributed by atoms with E-state index in [0.29, 0.717) is 5.56 Å². The van der Waals surface area contributed by atoms with Crippen LogP contribution in [0, 0.1) is 12.3 Å². The van der Waals surface area contributed by atoms with Crippen molar-refractivity contribution in [3.8, 4) is 0 Å². The smallest absolute Gasteiger partial charge is 0.271 e. The van der Waals surface area contributed by atoms with Crippen molar-refractivity contribution in [2.45, 2.75) is 20.8 Å². The molecule has 4 nitrogen and oxygen atoms in total. The van der Waals surface area contributed by atoms with Crippen LogP contribution in [-0.2, 0) is 4.79 Å². The minimum atomic E-state index is -0.694. The van der Waals surface area contributed by atoms with Gasteiger partial charge in [-0.3, -0.25) is 9.59 Å². The van der Waals surface area contributed by atoms with Crippen molar-refractivity contribution in [1.82, 2.24) is 5.01 Å². The Balaban J connectivity index is 2.26. The van der Waals surface area contributed by atoms with Crippen molar-refractivity contribution in [1.29, 1.82) is 0 Å². The predicted octanol–water partition coefficient (Wildman–Crippen LogP) is 1.99. The van der Waals surface area contributed by atoms with E-state index in [-0.39, 0.29) is 11.8 Å². The van der Waals surface area contributed by atoms with E-state index >= 15 is 0 Å². The number of carbonyl (C=O) groups is 2. The average molecular weight is 230 g/mol. The van der Waals surface area contributed by atoms with Crippen molar-refractivity contribution in [3.63, 3.8) is 0 Å². The normalized spacial score (nSPS) is 17.6. The van der Waals surface area contributed by atoms with Gasteiger partial charge in [0.25, 0.3) is 11.8 Å². The fourth-order valence-electron chi connectivity index (χ4n) is 1.55. The van der Waals surface area contributed by atoms with Crippen molar-refractivity contribution in [2.24, 2.45) is 10.5 Å². The summed E-state index contributed by atoms with van der Waals surface area (Å²) in [5.41, 5.74) is 0.845. The number of nitrogens with zero attached hydrogens (tertiary/aromatic N) is 2. The van der Waals surface area contributed by atoms with Gasteiger partial charge in [-0.25, -0.2) is 0 Å². The first-order valence-electron chi connectivity index (χ1n) is 5.42. The number of benzene rings is 1. The Morgan fingerprint density at radius 2 is 1.82 bits per heavy atom. The molecule has 0 aromatic heterocycles. The van der Waals surface area contributed by atoms with Crippen LogP contribution in [0.25, 0.3) is 0 Å². The lowest BCUT2D eigenvalue weighted by Gasteiger charge is -2.15. The van der Waals surface area contributed by atoms with Crippen LogP contribution in [0.4, 0.5) is 0 Å². The highest BCUT2D eigenvalue weighted by Crippen LogP contribution is 2.24. The van der Waals surface area contributed by atoms with E-state index in [4.69, 9.17) is 0 Å². The zero-order valence-electron chi connectivity index (χ0n) is 10.1. The quantitative estimate of drug-likeness (QED) is 0.693. The molecule has 1 aliphatic heterocycles. The van der Waals surface area contributed by atoms with E-state index in [9.17, 15) is 9.59 Å². The van der Waals surface area contributed by atoms with E-state index in [2.05, 4.69) is 5.10 Å². The van der Waals surface area contributed by atoms with Crippen LogP contribution < -0.4 is 0 Å². The van der Waals surface area contributed by atoms with Gasteiger partial charge in [-0.15, -0.1) is 0 Å². The van der Waals surface area contributed by atoms with Crippen LogP contribution in [-0.4, -0.2) is 23.0 Å². The zero-order valence-corrected chi connectivity index (χ0v) is 10.1. The van der Waals surface area contributed by atoms with Crippen LogP contribution in [0.5, 0.6) is 0 Å². The number of carbonyl (C=O) groups excluding carboxylic acids is 2. The SMILES string of the molecule is Cc1ccc(C(=O)N2N=CC(C)(C)C2=O)cc1. The highest BCUT2D eigenvalue weighted by Gasteiger charge is 2.39. The summed E-state index contributed by atoms with van der Waals surface area (Å²) in [5.74, 6) is -0.667. The Bertz CT molecular complexity index is 501. The minimum Gasteiger partial charge on any atom is -0.271 e. The molecule has 1 heterocycles. The van der Waals surface area contributed by atoms with E-state index < -0.39 is 5.41 Å². The maximum atomic E-state index is 12.0. The molecular formula is C13H14N2O2. The number of hydrogen-bond donors (Lipinski definition) is 0. The molecule has 0 unspecified atom stereocenters. The number of rotatable bonds is 1. The van der Waals surface area contributed by atoms with Gasteiger partial charge >= 0.3 is 0 Å². The average Bonchev–Trinajstić information content (AvgIpc) is 2.55. The molecule has 0 bridgehead atoms. The number of hydrogen-bond acceptors (Lipinski definition) is 3. The largest absolute Gasteiger partial charge is 0.281 e. The molecule has 4 heteroatoms. The molecular weight excluding hydrogens is 216 g/mol. The summed E-state index contributed by atoms with van der Waals surface area (Å²) in [6, 6.07) is 7.07. The van der Waals surface area contributed by atoms with Crippen molar-refractivity contribution in [3.05, 3.63) is 35.4 Å². The lowest BCUT2D eigenvalue weighted by atomic mass is 9.95. The van der Waals surface area contributed by atoms with Gasteiger partial charge in [-0.1, -0.05) is 17.7 Å². The lowest BCUT2D eigenvalue weighted by molar-refractivity contribution is -0.132. The van der Waals surface area contributed by atoms with Crippen LogP contribution in [0.2, 0.25) is 0 Å². The Hall–Kier alpha value is -1.97. The molecule has 2 amide bonds. The monoisotopic (exact) mass is 230 g/mol. The van der Waals surface area contributed by atoms with Crippen LogP contribution in [0.15, 0.2) is 29.4 Å². The van der Waals surface area contributed by atoms with Crippen molar-refractivity contribution in [2.75, 3.05) is 0 Å². The summed E-state index contributed by atoms with van der Waals surface area (Å²) >= 11 is 0. The third-order valence-corrected chi connectivity index (χ3v) is 2.73. The molecule has 0 aliphatic carbocycles. The highest BCUT2D eigenvalue weighted by atomic mass is 16.2. The Morgan fingerprint density at radius 3 is 2.29 bits per heavy atom.